The van der Waals surface area contributed by atoms with Crippen LogP contribution >= 0.6 is 0 Å². The molecule has 0 bridgehead atoms. The van der Waals surface area contributed by atoms with Gasteiger partial charge in [0.2, 0.25) is 0 Å². The summed E-state index contributed by atoms with van der Waals surface area (Å²) in [6.45, 7) is 4.80. The summed E-state index contributed by atoms with van der Waals surface area (Å²) in [7, 11) is 0. The molecule has 0 aliphatic heterocycles. The minimum atomic E-state index is -1.67. The third-order valence-corrected chi connectivity index (χ3v) is 1.95. The summed E-state index contributed by atoms with van der Waals surface area (Å²) in [5, 5.41) is 17.3. The van der Waals surface area contributed by atoms with Gasteiger partial charge in [-0.25, -0.2) is 0 Å². The van der Waals surface area contributed by atoms with E-state index in [2.05, 4.69) is 0 Å². The van der Waals surface area contributed by atoms with Crippen molar-refractivity contribution in [3.05, 3.63) is 0 Å². The number of hydrogen-bond donors (Lipinski definition) is 2. The summed E-state index contributed by atoms with van der Waals surface area (Å²) < 4.78 is 0. The van der Waals surface area contributed by atoms with Crippen molar-refractivity contribution in [1.29, 1.82) is 0 Å². The summed E-state index contributed by atoms with van der Waals surface area (Å²) >= 11 is 0. The number of Topliss-reactive ketones (excluding diaryl/α,β-unsaturated/α-hetero) is 2. The minimum absolute atomic E-state index is 0.169. The summed E-state index contributed by atoms with van der Waals surface area (Å²) in [6, 6.07) is 0. The molecular weight excluding hydrogens is 172 g/mol. The molecule has 0 aromatic heterocycles. The first kappa shape index (κ1) is 12.3. The van der Waals surface area contributed by atoms with E-state index in [1.807, 2.05) is 0 Å². The first-order chi connectivity index (χ1) is 5.86. The fourth-order valence-electron chi connectivity index (χ4n) is 0.703. The molecule has 2 N–H and O–H groups in total. The number of carbonyl (C=O) groups excluding carboxylic acids is 2. The second kappa shape index (κ2) is 5.09. The molecule has 1 unspecified atom stereocenters. The van der Waals surface area contributed by atoms with Crippen molar-refractivity contribution in [2.75, 3.05) is 0 Å². The van der Waals surface area contributed by atoms with Crippen LogP contribution in [0.4, 0.5) is 0 Å². The lowest BCUT2D eigenvalue weighted by atomic mass is 9.97. The average molecular weight is 188 g/mol. The number of rotatable bonds is 5. The molecule has 0 amide bonds. The van der Waals surface area contributed by atoms with Gasteiger partial charge in [-0.2, -0.15) is 0 Å². The van der Waals surface area contributed by atoms with Crippen LogP contribution in [0.2, 0.25) is 0 Å². The van der Waals surface area contributed by atoms with Gasteiger partial charge in [0.05, 0.1) is 12.3 Å². The standard InChI is InChI=1S/C9H16O4/c1-5(2)7(10)4-8(11)6(3)9(12)13/h5-6,9,12-13H,4H2,1-3H3. The Bertz CT molecular complexity index is 196. The Morgan fingerprint density at radius 3 is 1.85 bits per heavy atom. The van der Waals surface area contributed by atoms with Crippen LogP contribution in [0.1, 0.15) is 27.2 Å². The van der Waals surface area contributed by atoms with Crippen molar-refractivity contribution >= 4 is 11.6 Å². The van der Waals surface area contributed by atoms with Gasteiger partial charge in [0.1, 0.15) is 11.6 Å². The largest absolute Gasteiger partial charge is 0.368 e. The molecular formula is C9H16O4. The summed E-state index contributed by atoms with van der Waals surface area (Å²) in [4.78, 5) is 22.3. The van der Waals surface area contributed by atoms with Crippen molar-refractivity contribution in [1.82, 2.24) is 0 Å². The second-order valence-electron chi connectivity index (χ2n) is 3.47. The molecule has 0 radical (unpaired) electrons. The van der Waals surface area contributed by atoms with Gasteiger partial charge in [-0.05, 0) is 0 Å². The molecule has 0 heterocycles. The Kier molecular flexibility index (Phi) is 4.80. The minimum Gasteiger partial charge on any atom is -0.368 e. The molecule has 0 saturated heterocycles. The van der Waals surface area contributed by atoms with E-state index in [0.717, 1.165) is 0 Å². The molecule has 4 heteroatoms. The van der Waals surface area contributed by atoms with Gasteiger partial charge in [0.15, 0.2) is 6.29 Å². The zero-order chi connectivity index (χ0) is 10.6. The highest BCUT2D eigenvalue weighted by Crippen LogP contribution is 2.08. The SMILES string of the molecule is CC(C)C(=O)CC(=O)C(C)C(O)O. The number of aliphatic hydroxyl groups is 2. The van der Waals surface area contributed by atoms with Crippen LogP contribution in [-0.2, 0) is 9.59 Å². The molecule has 0 spiro atoms. The molecule has 0 rings (SSSR count). The number of aliphatic hydroxyl groups excluding tert-OH is 1. The number of ketones is 2. The van der Waals surface area contributed by atoms with Crippen LogP contribution < -0.4 is 0 Å². The summed E-state index contributed by atoms with van der Waals surface area (Å²) in [6.07, 6.45) is -1.89. The Morgan fingerprint density at radius 1 is 1.08 bits per heavy atom. The van der Waals surface area contributed by atoms with Crippen molar-refractivity contribution in [2.24, 2.45) is 11.8 Å². The maximum absolute atomic E-state index is 11.2. The van der Waals surface area contributed by atoms with Crippen molar-refractivity contribution in [2.45, 2.75) is 33.5 Å². The topological polar surface area (TPSA) is 74.6 Å². The van der Waals surface area contributed by atoms with Crippen molar-refractivity contribution in [3.63, 3.8) is 0 Å². The number of carbonyl (C=O) groups is 2. The Balaban J connectivity index is 4.08. The van der Waals surface area contributed by atoms with Crippen LogP contribution in [0.25, 0.3) is 0 Å². The predicted molar refractivity (Wildman–Crippen MR) is 46.9 cm³/mol. The fraction of sp³-hybridized carbons (Fsp3) is 0.778. The highest BCUT2D eigenvalue weighted by Gasteiger charge is 2.22. The van der Waals surface area contributed by atoms with E-state index in [1.165, 1.54) is 6.92 Å². The van der Waals surface area contributed by atoms with E-state index >= 15 is 0 Å². The Hall–Kier alpha value is -0.740. The van der Waals surface area contributed by atoms with Crippen LogP contribution in [0, 0.1) is 11.8 Å². The van der Waals surface area contributed by atoms with Gasteiger partial charge < -0.3 is 10.2 Å². The molecule has 13 heavy (non-hydrogen) atoms. The lowest BCUT2D eigenvalue weighted by Gasteiger charge is -2.12. The first-order valence-corrected chi connectivity index (χ1v) is 4.27. The predicted octanol–water partition coefficient (Wildman–Crippen LogP) is 0.117. The van der Waals surface area contributed by atoms with Crippen LogP contribution in [0.15, 0.2) is 0 Å². The van der Waals surface area contributed by atoms with Crippen molar-refractivity contribution < 1.29 is 19.8 Å². The molecule has 0 aromatic rings. The van der Waals surface area contributed by atoms with Gasteiger partial charge >= 0.3 is 0 Å². The Labute approximate surface area is 77.6 Å². The molecule has 0 fully saturated rings. The Morgan fingerprint density at radius 2 is 1.54 bits per heavy atom. The quantitative estimate of drug-likeness (QED) is 0.474. The van der Waals surface area contributed by atoms with Crippen molar-refractivity contribution in [3.8, 4) is 0 Å². The third kappa shape index (κ3) is 4.15. The highest BCUT2D eigenvalue weighted by molar-refractivity contribution is 6.00. The first-order valence-electron chi connectivity index (χ1n) is 4.27. The molecule has 0 aliphatic carbocycles. The van der Waals surface area contributed by atoms with E-state index in [1.54, 1.807) is 13.8 Å². The normalized spacial score (nSPS) is 13.5. The smallest absolute Gasteiger partial charge is 0.160 e. The van der Waals surface area contributed by atoms with E-state index in [4.69, 9.17) is 10.2 Å². The average Bonchev–Trinajstić information content (AvgIpc) is 2.02. The molecule has 4 nitrogen and oxygen atoms in total. The van der Waals surface area contributed by atoms with Crippen LogP contribution in [0.3, 0.4) is 0 Å². The maximum atomic E-state index is 11.2. The van der Waals surface area contributed by atoms with E-state index in [-0.39, 0.29) is 18.1 Å². The number of hydrogen-bond acceptors (Lipinski definition) is 4. The van der Waals surface area contributed by atoms with E-state index in [9.17, 15) is 9.59 Å². The van der Waals surface area contributed by atoms with Gasteiger partial charge in [0.25, 0.3) is 0 Å². The lowest BCUT2D eigenvalue weighted by Crippen LogP contribution is -2.27. The molecule has 0 aliphatic rings. The second-order valence-corrected chi connectivity index (χ2v) is 3.47. The summed E-state index contributed by atoms with van der Waals surface area (Å²) in [5.41, 5.74) is 0. The van der Waals surface area contributed by atoms with Gasteiger partial charge in [0, 0.05) is 5.92 Å². The highest BCUT2D eigenvalue weighted by atomic mass is 16.5. The molecule has 1 atom stereocenters. The van der Waals surface area contributed by atoms with Crippen LogP contribution in [0.5, 0.6) is 0 Å². The van der Waals surface area contributed by atoms with E-state index < -0.39 is 18.0 Å². The summed E-state index contributed by atoms with van der Waals surface area (Å²) in [5.74, 6) is -1.67. The molecule has 0 aromatic carbocycles. The fourth-order valence-corrected chi connectivity index (χ4v) is 0.703. The molecule has 76 valence electrons. The zero-order valence-electron chi connectivity index (χ0n) is 8.15. The molecule has 0 saturated carbocycles. The maximum Gasteiger partial charge on any atom is 0.160 e. The van der Waals surface area contributed by atoms with Gasteiger partial charge in [-0.1, -0.05) is 20.8 Å². The van der Waals surface area contributed by atoms with Gasteiger partial charge in [-0.15, -0.1) is 0 Å². The van der Waals surface area contributed by atoms with E-state index in [0.29, 0.717) is 0 Å². The van der Waals surface area contributed by atoms with Gasteiger partial charge in [-0.3, -0.25) is 9.59 Å². The monoisotopic (exact) mass is 188 g/mol. The van der Waals surface area contributed by atoms with Crippen LogP contribution in [-0.4, -0.2) is 28.1 Å². The zero-order valence-corrected chi connectivity index (χ0v) is 8.15. The lowest BCUT2D eigenvalue weighted by molar-refractivity contribution is -0.141. The third-order valence-electron chi connectivity index (χ3n) is 1.95.